The molecule has 0 aliphatic rings. The molecule has 0 spiro atoms. The van der Waals surface area contributed by atoms with Gasteiger partial charge in [0.15, 0.2) is 5.75 Å². The van der Waals surface area contributed by atoms with Gasteiger partial charge in [-0.2, -0.15) is 18.7 Å². The Morgan fingerprint density at radius 2 is 1.59 bits per heavy atom. The van der Waals surface area contributed by atoms with Crippen molar-refractivity contribution in [3.63, 3.8) is 0 Å². The van der Waals surface area contributed by atoms with Crippen molar-refractivity contribution in [3.8, 4) is 16.9 Å². The highest BCUT2D eigenvalue weighted by atomic mass is 19.4. The van der Waals surface area contributed by atoms with Crippen LogP contribution in [0, 0.1) is 0 Å². The number of hydrogen-bond acceptors (Lipinski definition) is 4. The SMILES string of the molecule is O=C(/C=C/c1ccccc1-c1cc(C(F)(F)F)ccc1ONC(=O)c1ccccc1)NO. The molecule has 0 aromatic heterocycles. The zero-order valence-electron chi connectivity index (χ0n) is 16.4. The lowest BCUT2D eigenvalue weighted by molar-refractivity contribution is -0.137. The van der Waals surface area contributed by atoms with Gasteiger partial charge in [-0.05, 0) is 47.5 Å². The minimum absolute atomic E-state index is 0.0326. The predicted octanol–water partition coefficient (Wildman–Crippen LogP) is 4.61. The lowest BCUT2D eigenvalue weighted by Gasteiger charge is -2.16. The predicted molar refractivity (Wildman–Crippen MR) is 110 cm³/mol. The van der Waals surface area contributed by atoms with Gasteiger partial charge in [-0.3, -0.25) is 14.8 Å². The highest BCUT2D eigenvalue weighted by Crippen LogP contribution is 2.38. The molecule has 164 valence electrons. The second-order valence-corrected chi connectivity index (χ2v) is 6.50. The van der Waals surface area contributed by atoms with Crippen molar-refractivity contribution in [2.75, 3.05) is 0 Å². The summed E-state index contributed by atoms with van der Waals surface area (Å²) < 4.78 is 40.0. The van der Waals surface area contributed by atoms with Crippen molar-refractivity contribution >= 4 is 17.9 Å². The Balaban J connectivity index is 2.01. The molecule has 0 heterocycles. The Hall–Kier alpha value is -4.11. The van der Waals surface area contributed by atoms with Crippen molar-refractivity contribution in [1.29, 1.82) is 0 Å². The third-order valence-corrected chi connectivity index (χ3v) is 4.37. The zero-order valence-corrected chi connectivity index (χ0v) is 16.4. The second-order valence-electron chi connectivity index (χ2n) is 6.50. The summed E-state index contributed by atoms with van der Waals surface area (Å²) in [5, 5.41) is 8.65. The van der Waals surface area contributed by atoms with E-state index in [1.165, 1.54) is 17.6 Å². The third kappa shape index (κ3) is 5.52. The van der Waals surface area contributed by atoms with E-state index in [0.29, 0.717) is 16.7 Å². The highest BCUT2D eigenvalue weighted by molar-refractivity contribution is 5.94. The number of hydroxylamine groups is 2. The van der Waals surface area contributed by atoms with E-state index in [0.717, 1.165) is 24.3 Å². The van der Waals surface area contributed by atoms with Gasteiger partial charge in [-0.25, -0.2) is 5.48 Å². The molecule has 32 heavy (non-hydrogen) atoms. The first-order chi connectivity index (χ1) is 15.3. The summed E-state index contributed by atoms with van der Waals surface area (Å²) in [7, 11) is 0. The molecular formula is C23H17F3N2O4. The fourth-order valence-electron chi connectivity index (χ4n) is 2.85. The van der Waals surface area contributed by atoms with Gasteiger partial charge in [-0.15, -0.1) is 0 Å². The van der Waals surface area contributed by atoms with Gasteiger partial charge in [0, 0.05) is 17.2 Å². The maximum absolute atomic E-state index is 13.3. The van der Waals surface area contributed by atoms with Crippen LogP contribution >= 0.6 is 0 Å². The summed E-state index contributed by atoms with van der Waals surface area (Å²) in [4.78, 5) is 29.0. The Bertz CT molecular complexity index is 1150. The van der Waals surface area contributed by atoms with Gasteiger partial charge < -0.3 is 4.84 Å². The molecule has 6 nitrogen and oxygen atoms in total. The molecule has 3 rings (SSSR count). The molecule has 9 heteroatoms. The molecule has 3 aromatic rings. The molecule has 0 bridgehead atoms. The number of benzene rings is 3. The average molecular weight is 442 g/mol. The third-order valence-electron chi connectivity index (χ3n) is 4.37. The molecule has 0 aliphatic heterocycles. The summed E-state index contributed by atoms with van der Waals surface area (Å²) in [5.41, 5.74) is 3.79. The van der Waals surface area contributed by atoms with Gasteiger partial charge in [0.2, 0.25) is 0 Å². The number of hydrogen-bond donors (Lipinski definition) is 3. The Labute approximate surface area is 180 Å². The van der Waals surface area contributed by atoms with E-state index in [4.69, 9.17) is 10.0 Å². The number of rotatable bonds is 6. The second kappa shape index (κ2) is 9.80. The lowest BCUT2D eigenvalue weighted by Crippen LogP contribution is -2.27. The lowest BCUT2D eigenvalue weighted by atomic mass is 9.96. The monoisotopic (exact) mass is 442 g/mol. The zero-order chi connectivity index (χ0) is 23.1. The molecule has 0 aliphatic carbocycles. The largest absolute Gasteiger partial charge is 0.416 e. The Morgan fingerprint density at radius 3 is 2.28 bits per heavy atom. The van der Waals surface area contributed by atoms with Gasteiger partial charge in [0.1, 0.15) is 0 Å². The maximum Gasteiger partial charge on any atom is 0.416 e. The highest BCUT2D eigenvalue weighted by Gasteiger charge is 2.31. The number of halogens is 3. The van der Waals surface area contributed by atoms with Crippen LogP contribution in [0.1, 0.15) is 21.5 Å². The number of carbonyl (C=O) groups is 2. The summed E-state index contributed by atoms with van der Waals surface area (Å²) in [5.74, 6) is -1.42. The van der Waals surface area contributed by atoms with Gasteiger partial charge in [0.05, 0.1) is 5.56 Å². The van der Waals surface area contributed by atoms with E-state index in [1.54, 1.807) is 48.5 Å². The number of amides is 2. The van der Waals surface area contributed by atoms with Crippen LogP contribution in [0.5, 0.6) is 5.75 Å². The van der Waals surface area contributed by atoms with Crippen LogP contribution in [0.3, 0.4) is 0 Å². The van der Waals surface area contributed by atoms with Crippen LogP contribution in [0.15, 0.2) is 78.9 Å². The smallest absolute Gasteiger partial charge is 0.379 e. The van der Waals surface area contributed by atoms with Crippen LogP contribution < -0.4 is 15.8 Å². The van der Waals surface area contributed by atoms with E-state index >= 15 is 0 Å². The Morgan fingerprint density at radius 1 is 0.906 bits per heavy atom. The van der Waals surface area contributed by atoms with Crippen LogP contribution in [0.25, 0.3) is 17.2 Å². The average Bonchev–Trinajstić information content (AvgIpc) is 2.81. The summed E-state index contributed by atoms with van der Waals surface area (Å²) in [6.45, 7) is 0. The molecule has 0 radical (unpaired) electrons. The van der Waals surface area contributed by atoms with E-state index in [1.807, 2.05) is 0 Å². The van der Waals surface area contributed by atoms with E-state index in [9.17, 15) is 22.8 Å². The summed E-state index contributed by atoms with van der Waals surface area (Å²) >= 11 is 0. The minimum atomic E-state index is -4.61. The van der Waals surface area contributed by atoms with Gasteiger partial charge in [0.25, 0.3) is 11.8 Å². The molecular weight excluding hydrogens is 425 g/mol. The van der Waals surface area contributed by atoms with Gasteiger partial charge in [-0.1, -0.05) is 42.5 Å². The van der Waals surface area contributed by atoms with Gasteiger partial charge >= 0.3 is 6.18 Å². The fraction of sp³-hybridized carbons (Fsp3) is 0.0435. The molecule has 0 unspecified atom stereocenters. The normalized spacial score (nSPS) is 11.2. The fourth-order valence-corrected chi connectivity index (χ4v) is 2.85. The molecule has 0 atom stereocenters. The molecule has 3 N–H and O–H groups in total. The van der Waals surface area contributed by atoms with E-state index in [2.05, 4.69) is 5.48 Å². The minimum Gasteiger partial charge on any atom is -0.379 e. The quantitative estimate of drug-likeness (QED) is 0.296. The summed E-state index contributed by atoms with van der Waals surface area (Å²) in [6, 6.07) is 17.3. The van der Waals surface area contributed by atoms with Crippen molar-refractivity contribution in [3.05, 3.63) is 95.6 Å². The summed E-state index contributed by atoms with van der Waals surface area (Å²) in [6.07, 6.45) is -2.26. The van der Waals surface area contributed by atoms with Crippen LogP contribution in [0.4, 0.5) is 13.2 Å². The number of nitrogens with one attached hydrogen (secondary N) is 2. The topological polar surface area (TPSA) is 87.7 Å². The van der Waals surface area contributed by atoms with Crippen molar-refractivity contribution < 1.29 is 32.8 Å². The first-order valence-electron chi connectivity index (χ1n) is 9.24. The molecule has 0 fully saturated rings. The first kappa shape index (κ1) is 22.6. The molecule has 0 saturated carbocycles. The Kier molecular flexibility index (Phi) is 6.91. The van der Waals surface area contributed by atoms with Crippen LogP contribution in [0.2, 0.25) is 0 Å². The molecule has 2 amide bonds. The van der Waals surface area contributed by atoms with E-state index < -0.39 is 23.6 Å². The van der Waals surface area contributed by atoms with Crippen LogP contribution in [-0.4, -0.2) is 17.0 Å². The number of carbonyl (C=O) groups excluding carboxylic acids is 2. The molecule has 0 saturated heterocycles. The maximum atomic E-state index is 13.3. The standard InChI is InChI=1S/C23H17F3N2O4/c24-23(25,26)17-11-12-20(32-28-22(30)16-7-2-1-3-8-16)19(14-17)18-9-5-4-6-15(18)10-13-21(29)27-31/h1-14,31H,(H,27,29)(H,28,30)/b13-10+. The van der Waals surface area contributed by atoms with Crippen molar-refractivity contribution in [2.45, 2.75) is 6.18 Å². The van der Waals surface area contributed by atoms with Crippen molar-refractivity contribution in [2.24, 2.45) is 0 Å². The first-order valence-corrected chi connectivity index (χ1v) is 9.24. The van der Waals surface area contributed by atoms with Crippen LogP contribution in [-0.2, 0) is 11.0 Å². The molecule has 3 aromatic carbocycles. The van der Waals surface area contributed by atoms with E-state index in [-0.39, 0.29) is 11.3 Å². The van der Waals surface area contributed by atoms with Crippen molar-refractivity contribution in [1.82, 2.24) is 11.0 Å². The number of alkyl halides is 3.